The number of hydrogen-bond donors (Lipinski definition) is 3. The smallest absolute Gasteiger partial charge is 0.319 e. The highest BCUT2D eigenvalue weighted by Gasteiger charge is 2.24. The molecule has 0 spiro atoms. The van der Waals surface area contributed by atoms with E-state index in [-0.39, 0.29) is 24.6 Å². The van der Waals surface area contributed by atoms with Gasteiger partial charge in [0.2, 0.25) is 0 Å². The van der Waals surface area contributed by atoms with Crippen LogP contribution >= 0.6 is 0 Å². The maximum atomic E-state index is 12.3. The average Bonchev–Trinajstić information content (AvgIpc) is 2.71. The number of aliphatic hydroxyl groups is 1. The van der Waals surface area contributed by atoms with E-state index in [9.17, 15) is 9.90 Å². The van der Waals surface area contributed by atoms with E-state index >= 15 is 0 Å². The van der Waals surface area contributed by atoms with E-state index in [0.717, 1.165) is 43.5 Å². The lowest BCUT2D eigenvalue weighted by Crippen LogP contribution is -2.43. The largest absolute Gasteiger partial charge is 0.396 e. The topological polar surface area (TPSA) is 64.6 Å². The highest BCUT2D eigenvalue weighted by molar-refractivity contribution is 5.89. The number of hydrogen-bond acceptors (Lipinski definition) is 3. The summed E-state index contributed by atoms with van der Waals surface area (Å²) in [4.78, 5) is 14.4. The lowest BCUT2D eigenvalue weighted by atomic mass is 9.96. The van der Waals surface area contributed by atoms with Gasteiger partial charge >= 0.3 is 6.03 Å². The molecule has 1 aliphatic rings. The number of amides is 2. The van der Waals surface area contributed by atoms with Gasteiger partial charge in [-0.15, -0.1) is 0 Å². The fourth-order valence-corrected chi connectivity index (χ4v) is 3.24. The van der Waals surface area contributed by atoms with Crippen molar-refractivity contribution in [2.24, 2.45) is 5.92 Å². The summed E-state index contributed by atoms with van der Waals surface area (Å²) < 4.78 is 0. The Kier molecular flexibility index (Phi) is 6.86. The van der Waals surface area contributed by atoms with Crippen LogP contribution in [-0.2, 0) is 6.54 Å². The first-order valence-electron chi connectivity index (χ1n) is 8.50. The molecule has 128 valence electrons. The Bertz CT molecular complexity index is 505. The minimum atomic E-state index is -0.183. The molecule has 0 heterocycles. The van der Waals surface area contributed by atoms with Crippen molar-refractivity contribution in [1.29, 1.82) is 0 Å². The maximum Gasteiger partial charge on any atom is 0.319 e. The van der Waals surface area contributed by atoms with Gasteiger partial charge in [-0.1, -0.05) is 31.4 Å². The first-order chi connectivity index (χ1) is 11.1. The number of urea groups is 1. The van der Waals surface area contributed by atoms with Crippen molar-refractivity contribution in [3.05, 3.63) is 29.8 Å². The van der Waals surface area contributed by atoms with Crippen LogP contribution in [0.25, 0.3) is 0 Å². The first-order valence-corrected chi connectivity index (χ1v) is 8.50. The molecule has 5 nitrogen and oxygen atoms in total. The molecule has 2 amide bonds. The molecule has 23 heavy (non-hydrogen) atoms. The second-order valence-electron chi connectivity index (χ2n) is 6.72. The molecule has 2 unspecified atom stereocenters. The van der Waals surface area contributed by atoms with Crippen molar-refractivity contribution in [1.82, 2.24) is 10.2 Å². The molecule has 1 aromatic rings. The summed E-state index contributed by atoms with van der Waals surface area (Å²) in [6.07, 6.45) is 5.36. The fraction of sp³-hybridized carbons (Fsp3) is 0.611. The number of carbonyl (C=O) groups is 1. The van der Waals surface area contributed by atoms with E-state index in [1.54, 1.807) is 0 Å². The van der Waals surface area contributed by atoms with Crippen LogP contribution < -0.4 is 10.6 Å². The number of aliphatic hydroxyl groups excluding tert-OH is 1. The third-order valence-corrected chi connectivity index (χ3v) is 4.39. The molecule has 1 aliphatic carbocycles. The Morgan fingerprint density at radius 1 is 1.26 bits per heavy atom. The van der Waals surface area contributed by atoms with Crippen LogP contribution in [-0.4, -0.2) is 42.8 Å². The van der Waals surface area contributed by atoms with Crippen molar-refractivity contribution < 1.29 is 9.90 Å². The van der Waals surface area contributed by atoms with Crippen molar-refractivity contribution >= 4 is 11.7 Å². The molecule has 0 aromatic heterocycles. The number of anilines is 1. The second-order valence-corrected chi connectivity index (χ2v) is 6.72. The van der Waals surface area contributed by atoms with Gasteiger partial charge in [0.25, 0.3) is 0 Å². The summed E-state index contributed by atoms with van der Waals surface area (Å²) in [5, 5.41) is 15.5. The summed E-state index contributed by atoms with van der Waals surface area (Å²) in [5.41, 5.74) is 1.96. The Morgan fingerprint density at radius 2 is 2.04 bits per heavy atom. The van der Waals surface area contributed by atoms with E-state index in [4.69, 9.17) is 0 Å². The molecular formula is C18H29N3O2. The SMILES string of the molecule is CN(C)Cc1cccc(NC(=O)NC2CCCCCC2CO)c1. The maximum absolute atomic E-state index is 12.3. The molecule has 2 rings (SSSR count). The first kappa shape index (κ1) is 17.8. The normalized spacial score (nSPS) is 21.7. The molecule has 5 heteroatoms. The Hall–Kier alpha value is -1.59. The summed E-state index contributed by atoms with van der Waals surface area (Å²) in [6, 6.07) is 7.78. The van der Waals surface area contributed by atoms with E-state index in [0.29, 0.717) is 0 Å². The number of benzene rings is 1. The van der Waals surface area contributed by atoms with Gasteiger partial charge in [-0.25, -0.2) is 4.79 Å². The highest BCUT2D eigenvalue weighted by Crippen LogP contribution is 2.23. The molecule has 2 atom stereocenters. The summed E-state index contributed by atoms with van der Waals surface area (Å²) in [6.45, 7) is 0.982. The van der Waals surface area contributed by atoms with Crippen molar-refractivity contribution in [2.45, 2.75) is 44.7 Å². The molecule has 0 saturated heterocycles. The van der Waals surface area contributed by atoms with Gasteiger partial charge in [-0.3, -0.25) is 0 Å². The Morgan fingerprint density at radius 3 is 2.78 bits per heavy atom. The van der Waals surface area contributed by atoms with Gasteiger partial charge in [0.05, 0.1) is 0 Å². The highest BCUT2D eigenvalue weighted by atomic mass is 16.3. The zero-order valence-electron chi connectivity index (χ0n) is 14.2. The Labute approximate surface area is 139 Å². The second kappa shape index (κ2) is 8.89. The standard InChI is InChI=1S/C18H29N3O2/c1-21(2)12-14-7-6-9-16(11-14)19-18(23)20-17-10-5-3-4-8-15(17)13-22/h6-7,9,11,15,17,22H,3-5,8,10,12-13H2,1-2H3,(H2,19,20,23). The van der Waals surface area contributed by atoms with Crippen molar-refractivity contribution in [2.75, 3.05) is 26.0 Å². The molecule has 1 aromatic carbocycles. The zero-order valence-corrected chi connectivity index (χ0v) is 14.2. The molecule has 1 saturated carbocycles. The van der Waals surface area contributed by atoms with Crippen LogP contribution in [0.4, 0.5) is 10.5 Å². The van der Waals surface area contributed by atoms with Gasteiger partial charge in [0, 0.05) is 30.8 Å². The summed E-state index contributed by atoms with van der Waals surface area (Å²) in [5.74, 6) is 0.170. The summed E-state index contributed by atoms with van der Waals surface area (Å²) >= 11 is 0. The van der Waals surface area contributed by atoms with Gasteiger partial charge in [-0.05, 0) is 44.6 Å². The van der Waals surface area contributed by atoms with Gasteiger partial charge < -0.3 is 20.6 Å². The third-order valence-electron chi connectivity index (χ3n) is 4.39. The molecule has 1 fully saturated rings. The summed E-state index contributed by atoms with van der Waals surface area (Å²) in [7, 11) is 4.04. The number of nitrogens with one attached hydrogen (secondary N) is 2. The molecule has 0 radical (unpaired) electrons. The monoisotopic (exact) mass is 319 g/mol. The minimum Gasteiger partial charge on any atom is -0.396 e. The van der Waals surface area contributed by atoms with Crippen LogP contribution in [0, 0.1) is 5.92 Å². The van der Waals surface area contributed by atoms with E-state index in [1.165, 1.54) is 6.42 Å². The molecule has 0 bridgehead atoms. The van der Waals surface area contributed by atoms with Crippen LogP contribution in [0.3, 0.4) is 0 Å². The molecule has 0 aliphatic heterocycles. The van der Waals surface area contributed by atoms with Crippen molar-refractivity contribution in [3.63, 3.8) is 0 Å². The zero-order chi connectivity index (χ0) is 16.7. The lowest BCUT2D eigenvalue weighted by Gasteiger charge is -2.24. The van der Waals surface area contributed by atoms with Crippen LogP contribution in [0.2, 0.25) is 0 Å². The van der Waals surface area contributed by atoms with Crippen LogP contribution in [0.1, 0.15) is 37.7 Å². The van der Waals surface area contributed by atoms with Crippen LogP contribution in [0.5, 0.6) is 0 Å². The molecular weight excluding hydrogens is 290 g/mol. The van der Waals surface area contributed by atoms with Gasteiger partial charge in [0.15, 0.2) is 0 Å². The average molecular weight is 319 g/mol. The molecule has 3 N–H and O–H groups in total. The third kappa shape index (κ3) is 5.84. The van der Waals surface area contributed by atoms with Crippen LogP contribution in [0.15, 0.2) is 24.3 Å². The van der Waals surface area contributed by atoms with Gasteiger partial charge in [-0.2, -0.15) is 0 Å². The van der Waals surface area contributed by atoms with Gasteiger partial charge in [0.1, 0.15) is 0 Å². The number of nitrogens with zero attached hydrogens (tertiary/aromatic N) is 1. The number of rotatable bonds is 5. The van der Waals surface area contributed by atoms with E-state index < -0.39 is 0 Å². The Balaban J connectivity index is 1.93. The predicted octanol–water partition coefficient (Wildman–Crippen LogP) is 2.81. The van der Waals surface area contributed by atoms with E-state index in [1.807, 2.05) is 32.3 Å². The number of carbonyl (C=O) groups excluding carboxylic acids is 1. The quantitative estimate of drug-likeness (QED) is 0.731. The van der Waals surface area contributed by atoms with E-state index in [2.05, 4.69) is 21.6 Å². The predicted molar refractivity (Wildman–Crippen MR) is 93.4 cm³/mol. The van der Waals surface area contributed by atoms with Crippen molar-refractivity contribution in [3.8, 4) is 0 Å². The lowest BCUT2D eigenvalue weighted by molar-refractivity contribution is 0.182. The minimum absolute atomic E-state index is 0.0625. The fourth-order valence-electron chi connectivity index (χ4n) is 3.24.